The van der Waals surface area contributed by atoms with Gasteiger partial charge in [-0.25, -0.2) is 9.97 Å². The third-order valence-electron chi connectivity index (χ3n) is 3.63. The third-order valence-corrected chi connectivity index (χ3v) is 3.63. The quantitative estimate of drug-likeness (QED) is 0.700. The van der Waals surface area contributed by atoms with E-state index in [-0.39, 0.29) is 0 Å². The van der Waals surface area contributed by atoms with E-state index >= 15 is 0 Å². The zero-order valence-corrected chi connectivity index (χ0v) is 14.4. The average Bonchev–Trinajstić information content (AvgIpc) is 2.62. The summed E-state index contributed by atoms with van der Waals surface area (Å²) >= 11 is 0. The Balaban J connectivity index is 1.81. The molecule has 3 aromatic rings. The zero-order chi connectivity index (χ0) is 17.6. The second-order valence-electron chi connectivity index (χ2n) is 5.47. The Labute approximate surface area is 146 Å². The predicted molar refractivity (Wildman–Crippen MR) is 99.3 cm³/mol. The summed E-state index contributed by atoms with van der Waals surface area (Å²) in [5.74, 6) is 2.88. The Morgan fingerprint density at radius 2 is 1.64 bits per heavy atom. The number of ether oxygens (including phenoxy) is 2. The summed E-state index contributed by atoms with van der Waals surface area (Å²) in [5.41, 5.74) is 2.87. The minimum Gasteiger partial charge on any atom is -0.497 e. The van der Waals surface area contributed by atoms with Crippen molar-refractivity contribution in [3.8, 4) is 11.5 Å². The fraction of sp³-hybridized carbons (Fsp3) is 0.158. The molecule has 0 aliphatic rings. The molecule has 0 spiro atoms. The minimum absolute atomic E-state index is 0.671. The largest absolute Gasteiger partial charge is 0.497 e. The first-order chi connectivity index (χ1) is 12.2. The molecular formula is C19H20N4O2. The molecule has 6 nitrogen and oxygen atoms in total. The predicted octanol–water partition coefficient (Wildman–Crippen LogP) is 4.29. The highest BCUT2D eigenvalue weighted by Crippen LogP contribution is 2.28. The van der Waals surface area contributed by atoms with Crippen LogP contribution in [-0.4, -0.2) is 24.2 Å². The number of nitrogens with zero attached hydrogens (tertiary/aromatic N) is 2. The number of rotatable bonds is 6. The highest BCUT2D eigenvalue weighted by atomic mass is 16.5. The average molecular weight is 336 g/mol. The van der Waals surface area contributed by atoms with Crippen LogP contribution in [0.5, 0.6) is 11.5 Å². The van der Waals surface area contributed by atoms with Gasteiger partial charge in [-0.05, 0) is 36.8 Å². The molecule has 0 radical (unpaired) electrons. The summed E-state index contributed by atoms with van der Waals surface area (Å²) in [4.78, 5) is 8.53. The van der Waals surface area contributed by atoms with Crippen LogP contribution in [-0.2, 0) is 0 Å². The molecule has 0 saturated carbocycles. The van der Waals surface area contributed by atoms with Crippen LogP contribution in [0.3, 0.4) is 0 Å². The topological polar surface area (TPSA) is 68.3 Å². The third kappa shape index (κ3) is 4.17. The van der Waals surface area contributed by atoms with Crippen molar-refractivity contribution in [1.29, 1.82) is 0 Å². The lowest BCUT2D eigenvalue weighted by atomic mass is 10.2. The summed E-state index contributed by atoms with van der Waals surface area (Å²) < 4.78 is 10.6. The standard InChI is InChI=1S/C19H20N4O2/c1-13-7-8-17(25-3)16(9-13)23-19-11-18(20-12-21-19)22-14-5-4-6-15(10-14)24-2/h4-12H,1-3H3,(H2,20,21,22,23). The van der Waals surface area contributed by atoms with Gasteiger partial charge in [0.15, 0.2) is 0 Å². The van der Waals surface area contributed by atoms with Gasteiger partial charge >= 0.3 is 0 Å². The van der Waals surface area contributed by atoms with Gasteiger partial charge in [-0.2, -0.15) is 0 Å². The van der Waals surface area contributed by atoms with Crippen LogP contribution in [0.1, 0.15) is 5.56 Å². The van der Waals surface area contributed by atoms with Gasteiger partial charge in [0.1, 0.15) is 29.5 Å². The molecule has 1 aromatic heterocycles. The lowest BCUT2D eigenvalue weighted by molar-refractivity contribution is 0.415. The van der Waals surface area contributed by atoms with E-state index in [0.717, 1.165) is 28.4 Å². The molecule has 0 unspecified atom stereocenters. The second-order valence-corrected chi connectivity index (χ2v) is 5.47. The van der Waals surface area contributed by atoms with E-state index in [9.17, 15) is 0 Å². The Morgan fingerprint density at radius 3 is 2.40 bits per heavy atom. The van der Waals surface area contributed by atoms with E-state index in [1.54, 1.807) is 14.2 Å². The number of benzene rings is 2. The number of nitrogens with one attached hydrogen (secondary N) is 2. The first kappa shape index (κ1) is 16.6. The van der Waals surface area contributed by atoms with Gasteiger partial charge in [-0.3, -0.25) is 0 Å². The highest BCUT2D eigenvalue weighted by Gasteiger charge is 2.06. The number of aryl methyl sites for hydroxylation is 1. The molecule has 25 heavy (non-hydrogen) atoms. The molecule has 128 valence electrons. The molecule has 3 rings (SSSR count). The summed E-state index contributed by atoms with van der Waals surface area (Å²) in [7, 11) is 3.28. The van der Waals surface area contributed by atoms with Crippen molar-refractivity contribution in [2.24, 2.45) is 0 Å². The molecule has 0 fully saturated rings. The molecule has 1 heterocycles. The van der Waals surface area contributed by atoms with Crippen LogP contribution in [0.4, 0.5) is 23.0 Å². The molecule has 0 amide bonds. The number of aromatic nitrogens is 2. The number of methoxy groups -OCH3 is 2. The van der Waals surface area contributed by atoms with Crippen molar-refractivity contribution in [2.75, 3.05) is 24.9 Å². The fourth-order valence-corrected chi connectivity index (χ4v) is 2.40. The normalized spacial score (nSPS) is 10.2. The van der Waals surface area contributed by atoms with E-state index in [2.05, 4.69) is 20.6 Å². The van der Waals surface area contributed by atoms with Crippen molar-refractivity contribution in [3.63, 3.8) is 0 Å². The number of hydrogen-bond acceptors (Lipinski definition) is 6. The first-order valence-corrected chi connectivity index (χ1v) is 7.83. The van der Waals surface area contributed by atoms with Crippen molar-refractivity contribution >= 4 is 23.0 Å². The maximum absolute atomic E-state index is 5.39. The van der Waals surface area contributed by atoms with Crippen LogP contribution >= 0.6 is 0 Å². The molecule has 0 saturated heterocycles. The number of hydrogen-bond donors (Lipinski definition) is 2. The highest BCUT2D eigenvalue weighted by molar-refractivity contribution is 5.67. The lowest BCUT2D eigenvalue weighted by Crippen LogP contribution is -2.00. The monoisotopic (exact) mass is 336 g/mol. The van der Waals surface area contributed by atoms with E-state index in [4.69, 9.17) is 9.47 Å². The minimum atomic E-state index is 0.671. The molecule has 2 N–H and O–H groups in total. The van der Waals surface area contributed by atoms with Crippen molar-refractivity contribution in [1.82, 2.24) is 9.97 Å². The van der Waals surface area contributed by atoms with Crippen LogP contribution in [0, 0.1) is 6.92 Å². The Bertz CT molecular complexity index is 868. The number of anilines is 4. The van der Waals surface area contributed by atoms with E-state index in [0.29, 0.717) is 11.6 Å². The second kappa shape index (κ2) is 7.53. The molecule has 6 heteroatoms. The van der Waals surface area contributed by atoms with Crippen molar-refractivity contribution in [2.45, 2.75) is 6.92 Å². The Hall–Kier alpha value is -3.28. The summed E-state index contributed by atoms with van der Waals surface area (Å²) in [6, 6.07) is 15.4. The molecule has 0 atom stereocenters. The van der Waals surface area contributed by atoms with E-state index in [1.165, 1.54) is 6.33 Å². The maximum Gasteiger partial charge on any atom is 0.142 e. The SMILES string of the molecule is COc1cccc(Nc2cc(Nc3cc(C)ccc3OC)ncn2)c1. The van der Waals surface area contributed by atoms with E-state index in [1.807, 2.05) is 55.5 Å². The summed E-state index contributed by atoms with van der Waals surface area (Å²) in [6.07, 6.45) is 1.51. The Kier molecular flexibility index (Phi) is 4.99. The van der Waals surface area contributed by atoms with Crippen molar-refractivity contribution in [3.05, 3.63) is 60.4 Å². The van der Waals surface area contributed by atoms with E-state index < -0.39 is 0 Å². The van der Waals surface area contributed by atoms with Crippen LogP contribution in [0.25, 0.3) is 0 Å². The smallest absolute Gasteiger partial charge is 0.142 e. The molecular weight excluding hydrogens is 316 g/mol. The first-order valence-electron chi connectivity index (χ1n) is 7.83. The molecule has 0 aliphatic carbocycles. The zero-order valence-electron chi connectivity index (χ0n) is 14.4. The molecule has 0 aliphatic heterocycles. The van der Waals surface area contributed by atoms with Crippen molar-refractivity contribution < 1.29 is 9.47 Å². The molecule has 2 aromatic carbocycles. The Morgan fingerprint density at radius 1 is 0.840 bits per heavy atom. The maximum atomic E-state index is 5.39. The summed E-state index contributed by atoms with van der Waals surface area (Å²) in [5, 5.41) is 6.51. The van der Waals surface area contributed by atoms with Gasteiger partial charge < -0.3 is 20.1 Å². The fourth-order valence-electron chi connectivity index (χ4n) is 2.40. The van der Waals surface area contributed by atoms with Gasteiger partial charge in [0, 0.05) is 17.8 Å². The van der Waals surface area contributed by atoms with Crippen LogP contribution in [0.15, 0.2) is 54.9 Å². The summed E-state index contributed by atoms with van der Waals surface area (Å²) in [6.45, 7) is 2.03. The van der Waals surface area contributed by atoms with Crippen LogP contribution < -0.4 is 20.1 Å². The van der Waals surface area contributed by atoms with Gasteiger partial charge in [0.2, 0.25) is 0 Å². The molecule has 0 bridgehead atoms. The van der Waals surface area contributed by atoms with Gasteiger partial charge in [-0.15, -0.1) is 0 Å². The van der Waals surface area contributed by atoms with Gasteiger partial charge in [-0.1, -0.05) is 12.1 Å². The lowest BCUT2D eigenvalue weighted by Gasteiger charge is -2.12. The van der Waals surface area contributed by atoms with Gasteiger partial charge in [0.05, 0.1) is 19.9 Å². The van der Waals surface area contributed by atoms with Crippen LogP contribution in [0.2, 0.25) is 0 Å². The van der Waals surface area contributed by atoms with Gasteiger partial charge in [0.25, 0.3) is 0 Å².